The van der Waals surface area contributed by atoms with E-state index in [1.807, 2.05) is 25.1 Å². The van der Waals surface area contributed by atoms with E-state index in [9.17, 15) is 0 Å². The summed E-state index contributed by atoms with van der Waals surface area (Å²) in [6.45, 7) is 4.69. The van der Waals surface area contributed by atoms with Gasteiger partial charge in [0.25, 0.3) is 0 Å². The average molecular weight is 232 g/mol. The number of nitrogens with zero attached hydrogens (tertiary/aromatic N) is 4. The summed E-state index contributed by atoms with van der Waals surface area (Å²) in [5.74, 6) is 0. The van der Waals surface area contributed by atoms with E-state index >= 15 is 0 Å². The summed E-state index contributed by atoms with van der Waals surface area (Å²) in [7, 11) is 0. The van der Waals surface area contributed by atoms with Crippen LogP contribution in [0, 0.1) is 6.92 Å². The molecule has 2 rings (SSSR count). The van der Waals surface area contributed by atoms with Crippen LogP contribution in [0.4, 0.5) is 5.69 Å². The first-order chi connectivity index (χ1) is 8.20. The molecule has 1 aromatic carbocycles. The summed E-state index contributed by atoms with van der Waals surface area (Å²) < 4.78 is 1.62. The van der Waals surface area contributed by atoms with E-state index < -0.39 is 0 Å². The van der Waals surface area contributed by atoms with Crippen LogP contribution in [0.1, 0.15) is 12.5 Å². The normalized spacial score (nSPS) is 12.4. The van der Waals surface area contributed by atoms with Gasteiger partial charge in [0.15, 0.2) is 0 Å². The van der Waals surface area contributed by atoms with Crippen molar-refractivity contribution in [2.24, 2.45) is 5.73 Å². The molecule has 3 N–H and O–H groups in total. The molecule has 0 saturated heterocycles. The Hall–Kier alpha value is -1.95. The molecule has 2 aromatic rings. The molecule has 0 radical (unpaired) electrons. The van der Waals surface area contributed by atoms with Crippen molar-refractivity contribution in [3.8, 4) is 5.69 Å². The Bertz CT molecular complexity index is 479. The quantitative estimate of drug-likeness (QED) is 0.812. The lowest BCUT2D eigenvalue weighted by atomic mass is 10.1. The van der Waals surface area contributed by atoms with Gasteiger partial charge in [0.1, 0.15) is 6.33 Å². The van der Waals surface area contributed by atoms with Crippen molar-refractivity contribution in [3.05, 3.63) is 30.1 Å². The molecule has 90 valence electrons. The van der Waals surface area contributed by atoms with Crippen LogP contribution < -0.4 is 11.1 Å². The Morgan fingerprint density at radius 1 is 1.47 bits per heavy atom. The number of aryl methyl sites for hydroxylation is 1. The van der Waals surface area contributed by atoms with Gasteiger partial charge in [-0.1, -0.05) is 6.07 Å². The molecule has 1 heterocycles. The zero-order valence-electron chi connectivity index (χ0n) is 9.96. The van der Waals surface area contributed by atoms with Gasteiger partial charge in [-0.05, 0) is 42.0 Å². The van der Waals surface area contributed by atoms with Crippen LogP contribution >= 0.6 is 0 Å². The number of anilines is 1. The summed E-state index contributed by atoms with van der Waals surface area (Å²) in [5, 5.41) is 14.5. The maximum absolute atomic E-state index is 5.60. The molecule has 17 heavy (non-hydrogen) atoms. The van der Waals surface area contributed by atoms with E-state index in [0.717, 1.165) is 11.4 Å². The SMILES string of the molecule is Cc1ccc(-n2cnnn2)cc1NC(C)CN. The molecule has 6 heteroatoms. The van der Waals surface area contributed by atoms with E-state index in [0.29, 0.717) is 6.54 Å². The van der Waals surface area contributed by atoms with E-state index in [1.54, 1.807) is 11.0 Å². The van der Waals surface area contributed by atoms with E-state index in [1.165, 1.54) is 5.56 Å². The molecule has 1 unspecified atom stereocenters. The zero-order valence-corrected chi connectivity index (χ0v) is 9.96. The van der Waals surface area contributed by atoms with Gasteiger partial charge in [0.2, 0.25) is 0 Å². The Balaban J connectivity index is 2.29. The van der Waals surface area contributed by atoms with Crippen LogP contribution in [0.15, 0.2) is 24.5 Å². The maximum atomic E-state index is 5.60. The van der Waals surface area contributed by atoms with Crippen LogP contribution in [-0.2, 0) is 0 Å². The first kappa shape index (κ1) is 11.5. The van der Waals surface area contributed by atoms with Gasteiger partial charge in [-0.15, -0.1) is 5.10 Å². The Labute approximate surface area is 99.8 Å². The molecule has 0 bridgehead atoms. The number of tetrazole rings is 1. The summed E-state index contributed by atoms with van der Waals surface area (Å²) in [6.07, 6.45) is 1.57. The fourth-order valence-corrected chi connectivity index (χ4v) is 1.51. The lowest BCUT2D eigenvalue weighted by molar-refractivity contribution is 0.785. The fraction of sp³-hybridized carbons (Fsp3) is 0.364. The number of nitrogens with two attached hydrogens (primary N) is 1. The van der Waals surface area contributed by atoms with Crippen LogP contribution in [0.5, 0.6) is 0 Å². The second kappa shape index (κ2) is 4.92. The topological polar surface area (TPSA) is 81.7 Å². The first-order valence-corrected chi connectivity index (χ1v) is 5.51. The van der Waals surface area contributed by atoms with Crippen molar-refractivity contribution in [2.45, 2.75) is 19.9 Å². The van der Waals surface area contributed by atoms with Crippen molar-refractivity contribution >= 4 is 5.69 Å². The molecule has 0 aliphatic heterocycles. The van der Waals surface area contributed by atoms with Crippen molar-refractivity contribution < 1.29 is 0 Å². The highest BCUT2D eigenvalue weighted by Gasteiger charge is 2.05. The summed E-state index contributed by atoms with van der Waals surface area (Å²) in [5.41, 5.74) is 8.75. The Morgan fingerprint density at radius 2 is 2.29 bits per heavy atom. The molecular weight excluding hydrogens is 216 g/mol. The van der Waals surface area contributed by atoms with Gasteiger partial charge in [0.05, 0.1) is 5.69 Å². The molecule has 0 fully saturated rings. The smallest absolute Gasteiger partial charge is 0.143 e. The lowest BCUT2D eigenvalue weighted by Crippen LogP contribution is -2.25. The predicted octanol–water partition coefficient (Wildman–Crippen LogP) is 0.730. The van der Waals surface area contributed by atoms with Crippen LogP contribution in [-0.4, -0.2) is 32.8 Å². The number of benzene rings is 1. The largest absolute Gasteiger partial charge is 0.381 e. The van der Waals surface area contributed by atoms with Crippen molar-refractivity contribution in [2.75, 3.05) is 11.9 Å². The minimum Gasteiger partial charge on any atom is -0.381 e. The minimum atomic E-state index is 0.234. The van der Waals surface area contributed by atoms with E-state index in [-0.39, 0.29) is 6.04 Å². The molecule has 6 nitrogen and oxygen atoms in total. The van der Waals surface area contributed by atoms with Crippen molar-refractivity contribution in [3.63, 3.8) is 0 Å². The predicted molar refractivity (Wildman–Crippen MR) is 66.0 cm³/mol. The Morgan fingerprint density at radius 3 is 2.94 bits per heavy atom. The molecule has 0 spiro atoms. The average Bonchev–Trinajstić information content (AvgIpc) is 2.85. The summed E-state index contributed by atoms with van der Waals surface area (Å²) in [4.78, 5) is 0. The highest BCUT2D eigenvalue weighted by atomic mass is 15.5. The standard InChI is InChI=1S/C11H16N6/c1-8-3-4-10(17-7-13-15-16-17)5-11(8)14-9(2)6-12/h3-5,7,9,14H,6,12H2,1-2H3. The molecule has 1 atom stereocenters. The maximum Gasteiger partial charge on any atom is 0.143 e. The molecular formula is C11H16N6. The number of nitrogens with one attached hydrogen (secondary N) is 1. The molecule has 0 amide bonds. The molecule has 0 saturated carbocycles. The molecule has 1 aromatic heterocycles. The van der Waals surface area contributed by atoms with Crippen molar-refractivity contribution in [1.82, 2.24) is 20.2 Å². The minimum absolute atomic E-state index is 0.234. The van der Waals surface area contributed by atoms with Gasteiger partial charge in [-0.25, -0.2) is 4.68 Å². The monoisotopic (exact) mass is 232 g/mol. The third-order valence-corrected chi connectivity index (χ3v) is 2.59. The van der Waals surface area contributed by atoms with Gasteiger partial charge < -0.3 is 11.1 Å². The highest BCUT2D eigenvalue weighted by Crippen LogP contribution is 2.19. The van der Waals surface area contributed by atoms with Crippen LogP contribution in [0.2, 0.25) is 0 Å². The first-order valence-electron chi connectivity index (χ1n) is 5.51. The van der Waals surface area contributed by atoms with Crippen molar-refractivity contribution in [1.29, 1.82) is 0 Å². The van der Waals surface area contributed by atoms with Gasteiger partial charge in [0, 0.05) is 18.3 Å². The number of rotatable bonds is 4. The molecule has 0 aliphatic carbocycles. The van der Waals surface area contributed by atoms with Crippen LogP contribution in [0.3, 0.4) is 0 Å². The second-order valence-electron chi connectivity index (χ2n) is 4.03. The second-order valence-corrected chi connectivity index (χ2v) is 4.03. The summed E-state index contributed by atoms with van der Waals surface area (Å²) in [6, 6.07) is 6.25. The number of hydrogen-bond acceptors (Lipinski definition) is 5. The fourth-order valence-electron chi connectivity index (χ4n) is 1.51. The molecule has 0 aliphatic rings. The van der Waals surface area contributed by atoms with Gasteiger partial charge in [-0.2, -0.15) is 0 Å². The third kappa shape index (κ3) is 2.59. The van der Waals surface area contributed by atoms with Gasteiger partial charge in [-0.3, -0.25) is 0 Å². The summed E-state index contributed by atoms with van der Waals surface area (Å²) >= 11 is 0. The third-order valence-electron chi connectivity index (χ3n) is 2.59. The highest BCUT2D eigenvalue weighted by molar-refractivity contribution is 5.56. The zero-order chi connectivity index (χ0) is 12.3. The Kier molecular flexibility index (Phi) is 3.34. The number of aromatic nitrogens is 4. The van der Waals surface area contributed by atoms with Gasteiger partial charge >= 0.3 is 0 Å². The van der Waals surface area contributed by atoms with Crippen LogP contribution in [0.25, 0.3) is 5.69 Å². The van der Waals surface area contributed by atoms with E-state index in [4.69, 9.17) is 5.73 Å². The number of hydrogen-bond donors (Lipinski definition) is 2. The van der Waals surface area contributed by atoms with E-state index in [2.05, 4.69) is 27.8 Å². The lowest BCUT2D eigenvalue weighted by Gasteiger charge is -2.16.